The minimum absolute atomic E-state index is 0.0183. The van der Waals surface area contributed by atoms with Crippen LogP contribution in [-0.4, -0.2) is 39.6 Å². The topological polar surface area (TPSA) is 46.1 Å². The standard InChI is InChI=1S/C14H18F3N3OS/c15-14(16,17)11-6-7-18-13(19-11)22-10-12(21)20-8-4-2-1-3-5-9-20/h6-7H,1-5,8-10H2. The number of likely N-dealkylation sites (tertiary alicyclic amines) is 1. The first-order chi connectivity index (χ1) is 10.5. The first-order valence-electron chi connectivity index (χ1n) is 7.27. The highest BCUT2D eigenvalue weighted by Gasteiger charge is 2.32. The summed E-state index contributed by atoms with van der Waals surface area (Å²) in [4.78, 5) is 21.2. The SMILES string of the molecule is O=C(CSc1nccc(C(F)(F)F)n1)N1CCCCCCC1. The van der Waals surface area contributed by atoms with E-state index in [4.69, 9.17) is 0 Å². The number of hydrogen-bond acceptors (Lipinski definition) is 4. The minimum atomic E-state index is -4.49. The van der Waals surface area contributed by atoms with Crippen LogP contribution < -0.4 is 0 Å². The van der Waals surface area contributed by atoms with E-state index in [-0.39, 0.29) is 16.8 Å². The van der Waals surface area contributed by atoms with Crippen LogP contribution in [0.2, 0.25) is 0 Å². The molecule has 22 heavy (non-hydrogen) atoms. The lowest BCUT2D eigenvalue weighted by molar-refractivity contribution is -0.141. The monoisotopic (exact) mass is 333 g/mol. The Labute approximate surface area is 131 Å². The Bertz CT molecular complexity index is 502. The summed E-state index contributed by atoms with van der Waals surface area (Å²) < 4.78 is 37.7. The molecule has 0 spiro atoms. The van der Waals surface area contributed by atoms with E-state index in [1.54, 1.807) is 4.90 Å². The van der Waals surface area contributed by atoms with Crippen LogP contribution in [0.25, 0.3) is 0 Å². The Morgan fingerprint density at radius 3 is 2.45 bits per heavy atom. The summed E-state index contributed by atoms with van der Waals surface area (Å²) >= 11 is 0.951. The molecule has 1 aromatic rings. The van der Waals surface area contributed by atoms with Crippen molar-refractivity contribution in [2.75, 3.05) is 18.8 Å². The zero-order valence-corrected chi connectivity index (χ0v) is 12.9. The largest absolute Gasteiger partial charge is 0.433 e. The van der Waals surface area contributed by atoms with Crippen molar-refractivity contribution in [3.05, 3.63) is 18.0 Å². The van der Waals surface area contributed by atoms with Crippen molar-refractivity contribution in [1.29, 1.82) is 0 Å². The van der Waals surface area contributed by atoms with Gasteiger partial charge in [0, 0.05) is 19.3 Å². The van der Waals surface area contributed by atoms with Crippen molar-refractivity contribution in [2.45, 2.75) is 43.4 Å². The molecule has 0 aromatic carbocycles. The Morgan fingerprint density at radius 2 is 1.82 bits per heavy atom. The molecule has 1 aliphatic heterocycles. The van der Waals surface area contributed by atoms with Crippen LogP contribution in [0.3, 0.4) is 0 Å². The molecular weight excluding hydrogens is 315 g/mol. The van der Waals surface area contributed by atoms with Gasteiger partial charge in [-0.3, -0.25) is 4.79 Å². The van der Waals surface area contributed by atoms with Crippen LogP contribution in [0.1, 0.15) is 37.8 Å². The van der Waals surface area contributed by atoms with Gasteiger partial charge in [-0.25, -0.2) is 9.97 Å². The first kappa shape index (κ1) is 17.1. The summed E-state index contributed by atoms with van der Waals surface area (Å²) in [6.07, 6.45) is 1.98. The van der Waals surface area contributed by atoms with Crippen LogP contribution in [-0.2, 0) is 11.0 Å². The highest BCUT2D eigenvalue weighted by molar-refractivity contribution is 7.99. The van der Waals surface area contributed by atoms with Crippen LogP contribution in [0.5, 0.6) is 0 Å². The Balaban J connectivity index is 1.90. The van der Waals surface area contributed by atoms with Crippen LogP contribution in [0.15, 0.2) is 17.4 Å². The van der Waals surface area contributed by atoms with Gasteiger partial charge in [-0.05, 0) is 18.9 Å². The third-order valence-corrected chi connectivity index (χ3v) is 4.30. The molecule has 8 heteroatoms. The molecule has 2 rings (SSSR count). The van der Waals surface area contributed by atoms with Crippen molar-refractivity contribution in [2.24, 2.45) is 0 Å². The van der Waals surface area contributed by atoms with Gasteiger partial charge in [-0.1, -0.05) is 31.0 Å². The maximum atomic E-state index is 12.6. The van der Waals surface area contributed by atoms with Gasteiger partial charge >= 0.3 is 6.18 Å². The minimum Gasteiger partial charge on any atom is -0.342 e. The van der Waals surface area contributed by atoms with E-state index in [0.717, 1.165) is 62.8 Å². The number of thioether (sulfide) groups is 1. The van der Waals surface area contributed by atoms with Gasteiger partial charge in [-0.15, -0.1) is 0 Å². The van der Waals surface area contributed by atoms with Crippen LogP contribution in [0, 0.1) is 0 Å². The highest BCUT2D eigenvalue weighted by atomic mass is 32.2. The Kier molecular flexibility index (Phi) is 6.05. The molecule has 0 unspecified atom stereocenters. The average molecular weight is 333 g/mol. The molecule has 0 saturated carbocycles. The number of carbonyl (C=O) groups is 1. The average Bonchev–Trinajstić information content (AvgIpc) is 2.44. The number of alkyl halides is 3. The van der Waals surface area contributed by atoms with Crippen LogP contribution >= 0.6 is 11.8 Å². The number of rotatable bonds is 3. The number of halogens is 3. The fourth-order valence-electron chi connectivity index (χ4n) is 2.28. The van der Waals surface area contributed by atoms with Gasteiger partial charge in [-0.2, -0.15) is 13.2 Å². The zero-order chi connectivity index (χ0) is 16.0. The quantitative estimate of drug-likeness (QED) is 0.628. The van der Waals surface area contributed by atoms with E-state index >= 15 is 0 Å². The molecule has 1 aromatic heterocycles. The molecule has 1 amide bonds. The van der Waals surface area contributed by atoms with E-state index in [9.17, 15) is 18.0 Å². The molecule has 1 fully saturated rings. The van der Waals surface area contributed by atoms with E-state index in [2.05, 4.69) is 9.97 Å². The van der Waals surface area contributed by atoms with Crippen molar-refractivity contribution in [3.63, 3.8) is 0 Å². The lowest BCUT2D eigenvalue weighted by Gasteiger charge is -2.24. The second kappa shape index (κ2) is 7.80. The second-order valence-electron chi connectivity index (χ2n) is 5.16. The van der Waals surface area contributed by atoms with Gasteiger partial charge in [0.15, 0.2) is 5.16 Å². The van der Waals surface area contributed by atoms with E-state index in [1.807, 2.05) is 0 Å². The molecular formula is C14H18F3N3OS. The summed E-state index contributed by atoms with van der Waals surface area (Å²) in [6, 6.07) is 0.824. The predicted octanol–water partition coefficient (Wildman–Crippen LogP) is 3.38. The molecule has 4 nitrogen and oxygen atoms in total. The molecule has 1 aliphatic rings. The molecule has 0 atom stereocenters. The number of amides is 1. The van der Waals surface area contributed by atoms with Gasteiger partial charge in [0.1, 0.15) is 5.69 Å². The number of hydrogen-bond donors (Lipinski definition) is 0. The number of nitrogens with zero attached hydrogens (tertiary/aromatic N) is 3. The number of aromatic nitrogens is 2. The molecule has 0 aliphatic carbocycles. The molecule has 0 N–H and O–H groups in total. The maximum Gasteiger partial charge on any atom is 0.433 e. The van der Waals surface area contributed by atoms with Gasteiger partial charge in [0.2, 0.25) is 5.91 Å². The Hall–Kier alpha value is -1.31. The van der Waals surface area contributed by atoms with Crippen molar-refractivity contribution < 1.29 is 18.0 Å². The van der Waals surface area contributed by atoms with E-state index in [0.29, 0.717) is 0 Å². The molecule has 2 heterocycles. The van der Waals surface area contributed by atoms with E-state index < -0.39 is 11.9 Å². The Morgan fingerprint density at radius 1 is 1.18 bits per heavy atom. The summed E-state index contributed by atoms with van der Waals surface area (Å²) in [5.74, 6) is 0.00863. The fourth-order valence-corrected chi connectivity index (χ4v) is 3.02. The lowest BCUT2D eigenvalue weighted by Crippen LogP contribution is -2.35. The zero-order valence-electron chi connectivity index (χ0n) is 12.1. The molecule has 0 radical (unpaired) electrons. The molecule has 122 valence electrons. The van der Waals surface area contributed by atoms with E-state index in [1.165, 1.54) is 6.42 Å². The number of carbonyl (C=O) groups excluding carboxylic acids is 1. The second-order valence-corrected chi connectivity index (χ2v) is 6.10. The summed E-state index contributed by atoms with van der Waals surface area (Å²) in [7, 11) is 0. The molecule has 0 bridgehead atoms. The summed E-state index contributed by atoms with van der Waals surface area (Å²) in [5, 5.41) is -0.0183. The van der Waals surface area contributed by atoms with Crippen molar-refractivity contribution in [1.82, 2.24) is 14.9 Å². The van der Waals surface area contributed by atoms with Gasteiger partial charge in [0.25, 0.3) is 0 Å². The van der Waals surface area contributed by atoms with Crippen molar-refractivity contribution >= 4 is 17.7 Å². The van der Waals surface area contributed by atoms with Crippen LogP contribution in [0.4, 0.5) is 13.2 Å². The maximum absolute atomic E-state index is 12.6. The highest BCUT2D eigenvalue weighted by Crippen LogP contribution is 2.28. The predicted molar refractivity (Wildman–Crippen MR) is 77.4 cm³/mol. The summed E-state index contributed by atoms with van der Waals surface area (Å²) in [5.41, 5.74) is -0.983. The normalized spacial score (nSPS) is 17.0. The third kappa shape index (κ3) is 5.15. The third-order valence-electron chi connectivity index (χ3n) is 3.46. The fraction of sp³-hybridized carbons (Fsp3) is 0.643. The smallest absolute Gasteiger partial charge is 0.342 e. The summed E-state index contributed by atoms with van der Waals surface area (Å²) in [6.45, 7) is 1.45. The van der Waals surface area contributed by atoms with Gasteiger partial charge in [0.05, 0.1) is 5.75 Å². The van der Waals surface area contributed by atoms with Crippen molar-refractivity contribution in [3.8, 4) is 0 Å². The van der Waals surface area contributed by atoms with Gasteiger partial charge < -0.3 is 4.90 Å². The lowest BCUT2D eigenvalue weighted by atomic mass is 10.1. The first-order valence-corrected chi connectivity index (χ1v) is 8.26. The molecule has 1 saturated heterocycles.